The van der Waals surface area contributed by atoms with E-state index in [1.54, 1.807) is 4.90 Å². The molecule has 3 fully saturated rings. The smallest absolute Gasteiger partial charge is 0.419 e. The van der Waals surface area contributed by atoms with Gasteiger partial charge in [-0.3, -0.25) is 4.79 Å². The van der Waals surface area contributed by atoms with E-state index in [0.29, 0.717) is 43.5 Å². The molecule has 37 heavy (non-hydrogen) atoms. The zero-order chi connectivity index (χ0) is 26.8. The van der Waals surface area contributed by atoms with E-state index in [2.05, 4.69) is 4.98 Å². The van der Waals surface area contributed by atoms with E-state index >= 15 is 0 Å². The third kappa shape index (κ3) is 5.50. The summed E-state index contributed by atoms with van der Waals surface area (Å²) >= 11 is 5.80. The average molecular weight is 562 g/mol. The van der Waals surface area contributed by atoms with Gasteiger partial charge in [0.1, 0.15) is 17.4 Å². The normalized spacial score (nSPS) is 19.4. The lowest BCUT2D eigenvalue weighted by atomic mass is 9.83. The fourth-order valence-electron chi connectivity index (χ4n) is 4.41. The Morgan fingerprint density at radius 3 is 2.46 bits per heavy atom. The monoisotopic (exact) mass is 561 g/mol. The van der Waals surface area contributed by atoms with Crippen molar-refractivity contribution in [1.29, 1.82) is 0 Å². The van der Waals surface area contributed by atoms with E-state index in [4.69, 9.17) is 16.3 Å². The molecule has 1 N–H and O–H groups in total. The summed E-state index contributed by atoms with van der Waals surface area (Å²) < 4.78 is 85.8. The molecule has 1 amide bonds. The quantitative estimate of drug-likeness (QED) is 0.461. The van der Waals surface area contributed by atoms with Crippen LogP contribution in [-0.2, 0) is 16.2 Å². The highest BCUT2D eigenvalue weighted by atomic mass is 35.5. The number of carbonyl (C=O) groups is 1. The zero-order valence-corrected chi connectivity index (χ0v) is 21.3. The van der Waals surface area contributed by atoms with Gasteiger partial charge in [-0.2, -0.15) is 13.2 Å². The molecule has 3 aliphatic rings. The lowest BCUT2D eigenvalue weighted by Crippen LogP contribution is -2.58. The average Bonchev–Trinajstić information content (AvgIpc) is 3.67. The first-order chi connectivity index (χ1) is 17.3. The molecular weight excluding hydrogens is 538 g/mol. The molecule has 200 valence electrons. The molecule has 0 atom stereocenters. The van der Waals surface area contributed by atoms with Crippen LogP contribution in [0.25, 0.3) is 0 Å². The molecule has 1 aromatic heterocycles. The van der Waals surface area contributed by atoms with Crippen molar-refractivity contribution in [2.24, 2.45) is 5.41 Å². The Bertz CT molecular complexity index is 1350. The molecule has 0 bridgehead atoms. The number of ether oxygens (including phenoxy) is 1. The van der Waals surface area contributed by atoms with Gasteiger partial charge in [0, 0.05) is 30.8 Å². The minimum Gasteiger partial charge on any atom is -0.492 e. The molecule has 0 unspecified atom stereocenters. The van der Waals surface area contributed by atoms with Crippen LogP contribution in [0, 0.1) is 11.2 Å². The van der Waals surface area contributed by atoms with Gasteiger partial charge in [-0.25, -0.2) is 22.5 Å². The van der Waals surface area contributed by atoms with E-state index in [1.165, 1.54) is 12.1 Å². The van der Waals surface area contributed by atoms with Gasteiger partial charge in [0.15, 0.2) is 0 Å². The fourth-order valence-corrected chi connectivity index (χ4v) is 5.96. The fraction of sp³-hybridized carbons (Fsp3) is 0.500. The zero-order valence-electron chi connectivity index (χ0n) is 19.7. The van der Waals surface area contributed by atoms with Crippen molar-refractivity contribution >= 4 is 33.3 Å². The molecule has 5 rings (SSSR count). The predicted octanol–water partition coefficient (Wildman–Crippen LogP) is 4.90. The number of hydrogen-bond acceptors (Lipinski definition) is 6. The van der Waals surface area contributed by atoms with Crippen molar-refractivity contribution in [3.63, 3.8) is 0 Å². The lowest BCUT2D eigenvalue weighted by Gasteiger charge is -2.48. The van der Waals surface area contributed by atoms with Crippen LogP contribution in [0.15, 0.2) is 24.4 Å². The van der Waals surface area contributed by atoms with Crippen LogP contribution in [0.1, 0.15) is 60.0 Å². The first-order valence-corrected chi connectivity index (χ1v) is 13.7. The molecule has 1 aromatic carbocycles. The summed E-state index contributed by atoms with van der Waals surface area (Å²) in [6, 6.07) is 3.66. The molecular formula is C24H24ClF4N3O4S. The molecule has 0 radical (unpaired) electrons. The van der Waals surface area contributed by atoms with Crippen LogP contribution in [0.5, 0.6) is 5.75 Å². The topological polar surface area (TPSA) is 88.6 Å². The molecule has 0 spiro atoms. The van der Waals surface area contributed by atoms with E-state index in [9.17, 15) is 30.8 Å². The maximum absolute atomic E-state index is 14.9. The van der Waals surface area contributed by atoms with Crippen LogP contribution in [0.2, 0.25) is 5.02 Å². The molecule has 2 heterocycles. The van der Waals surface area contributed by atoms with Gasteiger partial charge in [0.2, 0.25) is 10.0 Å². The number of carbonyl (C=O) groups excluding carboxylic acids is 1. The summed E-state index contributed by atoms with van der Waals surface area (Å²) in [6.45, 7) is 2.98. The Morgan fingerprint density at radius 1 is 1.22 bits per heavy atom. The maximum atomic E-state index is 14.9. The number of pyridine rings is 1. The SMILES string of the molecule is CC1(COc2cc(F)c(C(=O)NS(=O)(=O)C3CC3)cc2C2CC2)CN(c2cc(Cl)c(C(F)(F)F)cn2)C1. The number of benzene rings is 1. The third-order valence-corrected chi connectivity index (χ3v) is 8.88. The van der Waals surface area contributed by atoms with Crippen LogP contribution in [0.4, 0.5) is 23.4 Å². The summed E-state index contributed by atoms with van der Waals surface area (Å²) in [7, 11) is -3.82. The van der Waals surface area contributed by atoms with Crippen molar-refractivity contribution in [3.8, 4) is 5.75 Å². The first kappa shape index (κ1) is 26.0. The minimum absolute atomic E-state index is 0.0892. The number of aromatic nitrogens is 1. The second-order valence-corrected chi connectivity index (χ2v) is 12.7. The second-order valence-electron chi connectivity index (χ2n) is 10.3. The van der Waals surface area contributed by atoms with Gasteiger partial charge < -0.3 is 9.64 Å². The molecule has 1 aliphatic heterocycles. The molecule has 2 aliphatic carbocycles. The highest BCUT2D eigenvalue weighted by molar-refractivity contribution is 7.91. The second kappa shape index (κ2) is 9.00. The summed E-state index contributed by atoms with van der Waals surface area (Å²) in [6.07, 6.45) is -1.24. The molecule has 1 saturated heterocycles. The van der Waals surface area contributed by atoms with Gasteiger partial charge in [0.05, 0.1) is 28.0 Å². The molecule has 2 saturated carbocycles. The van der Waals surface area contributed by atoms with Crippen LogP contribution >= 0.6 is 11.6 Å². The molecule has 7 nitrogen and oxygen atoms in total. The van der Waals surface area contributed by atoms with Gasteiger partial charge in [-0.05, 0) is 49.3 Å². The van der Waals surface area contributed by atoms with Crippen LogP contribution in [-0.4, -0.2) is 44.3 Å². The number of rotatable bonds is 8. The number of halogens is 5. The van der Waals surface area contributed by atoms with Crippen molar-refractivity contribution in [2.75, 3.05) is 24.6 Å². The molecule has 2 aromatic rings. The van der Waals surface area contributed by atoms with Crippen molar-refractivity contribution in [3.05, 3.63) is 51.9 Å². The van der Waals surface area contributed by atoms with E-state index in [1.807, 2.05) is 11.6 Å². The Morgan fingerprint density at radius 2 is 1.89 bits per heavy atom. The number of nitrogens with zero attached hydrogens (tertiary/aromatic N) is 2. The standard InChI is InChI=1S/C24H24ClF4N3O4S/c1-23(10-32(11-23)21-7-18(25)17(9-30-21)24(27,28)29)12-36-20-8-19(26)16(6-15(20)13-2-3-13)22(33)31-37(34,35)14-4-5-14/h6-9,13-14H,2-5,10-12H2,1H3,(H,31,33). The predicted molar refractivity (Wildman–Crippen MR) is 128 cm³/mol. The summed E-state index contributed by atoms with van der Waals surface area (Å²) in [5, 5.41) is -1.04. The number of anilines is 1. The Balaban J connectivity index is 1.25. The highest BCUT2D eigenvalue weighted by Gasteiger charge is 2.42. The van der Waals surface area contributed by atoms with Gasteiger partial charge in [-0.1, -0.05) is 18.5 Å². The number of hydrogen-bond donors (Lipinski definition) is 1. The summed E-state index contributed by atoms with van der Waals surface area (Å²) in [5.74, 6) is -1.19. The van der Waals surface area contributed by atoms with Gasteiger partial charge >= 0.3 is 6.18 Å². The number of nitrogens with one attached hydrogen (secondary N) is 1. The Kier molecular flexibility index (Phi) is 6.33. The van der Waals surface area contributed by atoms with Gasteiger partial charge in [-0.15, -0.1) is 0 Å². The van der Waals surface area contributed by atoms with Crippen molar-refractivity contribution < 1.29 is 35.5 Å². The van der Waals surface area contributed by atoms with Crippen LogP contribution in [0.3, 0.4) is 0 Å². The maximum Gasteiger partial charge on any atom is 0.419 e. The first-order valence-electron chi connectivity index (χ1n) is 11.8. The third-order valence-electron chi connectivity index (χ3n) is 6.75. The number of alkyl halides is 3. The van der Waals surface area contributed by atoms with Gasteiger partial charge in [0.25, 0.3) is 5.91 Å². The Hall–Kier alpha value is -2.60. The lowest BCUT2D eigenvalue weighted by molar-refractivity contribution is -0.137. The number of sulfonamides is 1. The molecule has 13 heteroatoms. The van der Waals surface area contributed by atoms with E-state index < -0.39 is 43.8 Å². The largest absolute Gasteiger partial charge is 0.492 e. The van der Waals surface area contributed by atoms with Crippen molar-refractivity contribution in [1.82, 2.24) is 9.71 Å². The number of amides is 1. The highest BCUT2D eigenvalue weighted by Crippen LogP contribution is 2.46. The minimum atomic E-state index is -4.59. The summed E-state index contributed by atoms with van der Waals surface area (Å²) in [5.41, 5.74) is -1.08. The van der Waals surface area contributed by atoms with E-state index in [0.717, 1.165) is 18.9 Å². The van der Waals surface area contributed by atoms with Crippen molar-refractivity contribution in [2.45, 2.75) is 50.0 Å². The summed E-state index contributed by atoms with van der Waals surface area (Å²) in [4.78, 5) is 18.2. The van der Waals surface area contributed by atoms with E-state index in [-0.39, 0.29) is 29.3 Å². The van der Waals surface area contributed by atoms with Crippen LogP contribution < -0.4 is 14.4 Å². The Labute approximate surface area is 216 Å².